The number of rotatable bonds is 7. The molecular formula is C23H19F2N3O3S. The number of halogens is 2. The molecular weight excluding hydrogens is 436 g/mol. The third-order valence-corrected chi connectivity index (χ3v) is 6.53. The molecule has 2 aromatic heterocycles. The van der Waals surface area contributed by atoms with Crippen LogP contribution in [0.3, 0.4) is 0 Å². The van der Waals surface area contributed by atoms with Crippen LogP contribution >= 0.6 is 0 Å². The third-order valence-electron chi connectivity index (χ3n) is 5.07. The smallest absolute Gasteiger partial charge is 0.232 e. The van der Waals surface area contributed by atoms with E-state index in [9.17, 15) is 17.6 Å². The zero-order valence-electron chi connectivity index (χ0n) is 17.1. The van der Waals surface area contributed by atoms with Crippen LogP contribution in [0.2, 0.25) is 0 Å². The Balaban J connectivity index is 1.71. The van der Waals surface area contributed by atoms with Gasteiger partial charge in [-0.25, -0.2) is 17.2 Å². The molecule has 0 fully saturated rings. The number of allylic oxidation sites excluding steroid dienone is 2. The zero-order chi connectivity index (χ0) is 22.9. The quantitative estimate of drug-likeness (QED) is 0.534. The molecule has 3 aromatic rings. The number of pyridine rings is 2. The lowest BCUT2D eigenvalue weighted by Gasteiger charge is -2.13. The second-order valence-electron chi connectivity index (χ2n) is 7.32. The average Bonchev–Trinajstić information content (AvgIpc) is 3.20. The molecule has 1 aliphatic rings. The van der Waals surface area contributed by atoms with Crippen molar-refractivity contribution in [3.8, 4) is 11.1 Å². The minimum absolute atomic E-state index is 0.228. The molecule has 32 heavy (non-hydrogen) atoms. The number of Topliss-reactive ketones (excluding diaryl/α,β-unsaturated/α-hetero) is 1. The molecule has 0 saturated carbocycles. The van der Waals surface area contributed by atoms with E-state index in [2.05, 4.69) is 9.97 Å². The summed E-state index contributed by atoms with van der Waals surface area (Å²) >= 11 is 0. The Hall–Kier alpha value is -3.46. The lowest BCUT2D eigenvalue weighted by atomic mass is 9.96. The van der Waals surface area contributed by atoms with Gasteiger partial charge in [-0.1, -0.05) is 19.1 Å². The molecule has 0 atom stereocenters. The van der Waals surface area contributed by atoms with E-state index >= 15 is 4.39 Å². The number of nitrogens with zero attached hydrogens (tertiary/aromatic N) is 2. The number of ketones is 1. The van der Waals surface area contributed by atoms with Crippen molar-refractivity contribution in [1.29, 1.82) is 0 Å². The van der Waals surface area contributed by atoms with Crippen LogP contribution in [0.4, 0.5) is 14.5 Å². The van der Waals surface area contributed by atoms with E-state index in [1.165, 1.54) is 0 Å². The zero-order valence-corrected chi connectivity index (χ0v) is 17.9. The van der Waals surface area contributed by atoms with Crippen LogP contribution in [0.25, 0.3) is 16.7 Å². The van der Waals surface area contributed by atoms with Gasteiger partial charge < -0.3 is 0 Å². The summed E-state index contributed by atoms with van der Waals surface area (Å²) < 4.78 is 55.3. The number of fused-ring (bicyclic) bond motifs is 1. The van der Waals surface area contributed by atoms with Crippen LogP contribution in [0, 0.1) is 11.6 Å². The van der Waals surface area contributed by atoms with Crippen LogP contribution in [0.1, 0.15) is 35.0 Å². The van der Waals surface area contributed by atoms with Gasteiger partial charge in [-0.3, -0.25) is 19.5 Å². The Bertz CT molecular complexity index is 1340. The highest BCUT2D eigenvalue weighted by Crippen LogP contribution is 2.34. The van der Waals surface area contributed by atoms with Crippen molar-refractivity contribution in [2.24, 2.45) is 0 Å². The Morgan fingerprint density at radius 2 is 1.97 bits per heavy atom. The van der Waals surface area contributed by atoms with Crippen LogP contribution in [-0.4, -0.2) is 29.9 Å². The molecule has 1 aromatic carbocycles. The summed E-state index contributed by atoms with van der Waals surface area (Å²) in [5.74, 6) is -3.33. The van der Waals surface area contributed by atoms with E-state index in [1.54, 1.807) is 43.7 Å². The number of carbonyl (C=O) groups excluding carboxylic acids is 1. The number of aromatic nitrogens is 2. The molecule has 0 aliphatic heterocycles. The molecule has 1 N–H and O–H groups in total. The van der Waals surface area contributed by atoms with Gasteiger partial charge in [-0.15, -0.1) is 0 Å². The molecule has 2 heterocycles. The Morgan fingerprint density at radius 3 is 2.69 bits per heavy atom. The van der Waals surface area contributed by atoms with Gasteiger partial charge in [-0.05, 0) is 30.7 Å². The molecule has 0 spiro atoms. The summed E-state index contributed by atoms with van der Waals surface area (Å²) in [6.07, 6.45) is 7.28. The summed E-state index contributed by atoms with van der Waals surface area (Å²) in [4.78, 5) is 21.7. The first kappa shape index (κ1) is 21.8. The van der Waals surface area contributed by atoms with E-state index in [4.69, 9.17) is 0 Å². The number of anilines is 1. The van der Waals surface area contributed by atoms with Gasteiger partial charge in [0.25, 0.3) is 0 Å². The molecule has 0 unspecified atom stereocenters. The molecule has 0 bridgehead atoms. The van der Waals surface area contributed by atoms with E-state index in [1.807, 2.05) is 10.8 Å². The first-order valence-electron chi connectivity index (χ1n) is 9.93. The summed E-state index contributed by atoms with van der Waals surface area (Å²) in [6.45, 7) is 1.63. The van der Waals surface area contributed by atoms with Gasteiger partial charge in [0.2, 0.25) is 10.0 Å². The predicted molar refractivity (Wildman–Crippen MR) is 118 cm³/mol. The van der Waals surface area contributed by atoms with Gasteiger partial charge in [0.1, 0.15) is 11.5 Å². The predicted octanol–water partition coefficient (Wildman–Crippen LogP) is 4.40. The maximum atomic E-state index is 15.1. The van der Waals surface area contributed by atoms with Gasteiger partial charge >= 0.3 is 0 Å². The number of hydrogen-bond donors (Lipinski definition) is 1. The number of benzene rings is 1. The van der Waals surface area contributed by atoms with Crippen molar-refractivity contribution >= 4 is 27.1 Å². The third kappa shape index (κ3) is 4.16. The molecule has 164 valence electrons. The first-order valence-corrected chi connectivity index (χ1v) is 11.6. The van der Waals surface area contributed by atoms with E-state index in [0.717, 1.165) is 23.3 Å². The lowest BCUT2D eigenvalue weighted by molar-refractivity contribution is 0.105. The largest absolute Gasteiger partial charge is 0.288 e. The number of nitrogens with one attached hydrogen (secondary N) is 1. The van der Waals surface area contributed by atoms with Crippen molar-refractivity contribution in [3.05, 3.63) is 83.5 Å². The standard InChI is InChI=1S/C23H19F2N3O3S/c1-2-10-32(30,31)28-22-19(24)7-5-17(21(22)25)23(29)16-6-8-20-18(16)11-15(13-27-20)14-4-3-9-26-12-14/h3-7,9,11-13,28H,2,8,10H2,1H3. The van der Waals surface area contributed by atoms with Crippen molar-refractivity contribution in [1.82, 2.24) is 9.97 Å². The average molecular weight is 455 g/mol. The van der Waals surface area contributed by atoms with Gasteiger partial charge in [-0.2, -0.15) is 0 Å². The summed E-state index contributed by atoms with van der Waals surface area (Å²) in [7, 11) is -3.95. The number of hydrogen-bond acceptors (Lipinski definition) is 5. The van der Waals surface area contributed by atoms with E-state index in [-0.39, 0.29) is 17.7 Å². The van der Waals surface area contributed by atoms with Crippen LogP contribution in [-0.2, 0) is 16.4 Å². The molecule has 1 aliphatic carbocycles. The molecule has 4 rings (SSSR count). The lowest BCUT2D eigenvalue weighted by Crippen LogP contribution is -2.19. The highest BCUT2D eigenvalue weighted by molar-refractivity contribution is 7.92. The molecule has 0 amide bonds. The van der Waals surface area contributed by atoms with Crippen molar-refractivity contribution < 1.29 is 22.0 Å². The van der Waals surface area contributed by atoms with Crippen molar-refractivity contribution in [2.75, 3.05) is 10.5 Å². The van der Waals surface area contributed by atoms with Crippen molar-refractivity contribution in [2.45, 2.75) is 19.8 Å². The topological polar surface area (TPSA) is 89.0 Å². The number of sulfonamides is 1. The Morgan fingerprint density at radius 1 is 1.16 bits per heavy atom. The normalized spacial score (nSPS) is 12.9. The Kier molecular flexibility index (Phi) is 5.84. The van der Waals surface area contributed by atoms with E-state index in [0.29, 0.717) is 17.7 Å². The van der Waals surface area contributed by atoms with Gasteiger partial charge in [0, 0.05) is 47.3 Å². The molecule has 9 heteroatoms. The highest BCUT2D eigenvalue weighted by atomic mass is 32.2. The van der Waals surface area contributed by atoms with Crippen LogP contribution in [0.15, 0.2) is 55.0 Å². The summed E-state index contributed by atoms with van der Waals surface area (Å²) in [5.41, 5.74) is 1.70. The monoisotopic (exact) mass is 455 g/mol. The molecule has 6 nitrogen and oxygen atoms in total. The van der Waals surface area contributed by atoms with E-state index < -0.39 is 38.7 Å². The summed E-state index contributed by atoms with van der Waals surface area (Å²) in [5, 5.41) is 0. The fourth-order valence-electron chi connectivity index (χ4n) is 3.55. The minimum atomic E-state index is -3.95. The molecule has 0 radical (unpaired) electrons. The second kappa shape index (κ2) is 8.58. The maximum absolute atomic E-state index is 15.1. The van der Waals surface area contributed by atoms with Crippen LogP contribution < -0.4 is 4.72 Å². The number of carbonyl (C=O) groups is 1. The molecule has 0 saturated heterocycles. The SMILES string of the molecule is CCCS(=O)(=O)Nc1c(F)ccc(C(=O)C2=CCc3ncc(-c4cccnc4)cc32)c1F. The Labute approximate surface area is 184 Å². The fourth-order valence-corrected chi connectivity index (χ4v) is 4.68. The van der Waals surface area contributed by atoms with Crippen molar-refractivity contribution in [3.63, 3.8) is 0 Å². The van der Waals surface area contributed by atoms with Gasteiger partial charge in [0.15, 0.2) is 11.6 Å². The highest BCUT2D eigenvalue weighted by Gasteiger charge is 2.28. The van der Waals surface area contributed by atoms with Gasteiger partial charge in [0.05, 0.1) is 17.0 Å². The van der Waals surface area contributed by atoms with Crippen LogP contribution in [0.5, 0.6) is 0 Å². The second-order valence-corrected chi connectivity index (χ2v) is 9.16. The summed E-state index contributed by atoms with van der Waals surface area (Å²) in [6, 6.07) is 7.30. The maximum Gasteiger partial charge on any atom is 0.232 e. The first-order chi connectivity index (χ1) is 15.3. The minimum Gasteiger partial charge on any atom is -0.288 e. The fraction of sp³-hybridized carbons (Fsp3) is 0.174.